The van der Waals surface area contributed by atoms with Crippen molar-refractivity contribution in [1.82, 2.24) is 0 Å². The summed E-state index contributed by atoms with van der Waals surface area (Å²) in [4.78, 5) is 4.29. The zero-order valence-corrected chi connectivity index (χ0v) is 23.8. The van der Waals surface area contributed by atoms with Crippen LogP contribution in [0.15, 0.2) is 47.5 Å². The number of benzene rings is 3. The maximum atomic E-state index is 14.3. The van der Waals surface area contributed by atoms with E-state index in [2.05, 4.69) is 44.0 Å². The highest BCUT2D eigenvalue weighted by molar-refractivity contribution is 6.27. The van der Waals surface area contributed by atoms with Crippen LogP contribution in [0.25, 0.3) is 21.9 Å². The number of alkyl halides is 4. The maximum absolute atomic E-state index is 14.3. The molecule has 2 saturated carbocycles. The molecule has 4 unspecified atom stereocenters. The number of nitrogens with two attached hydrogens (primary N) is 1. The molecule has 0 bridgehead atoms. The molecule has 4 atom stereocenters. The minimum atomic E-state index is -1.51. The SMILES string of the molecule is CCC(C)(C)c1ccc2cc3c(c(-c4cc(CC5CC(F)C(F)C5)cc(C5CC(F)C(F)C5)c4)c2c1)C(N)=NC3=N. The second-order valence-electron chi connectivity index (χ2n) is 12.9. The second kappa shape index (κ2) is 10.2. The molecule has 41 heavy (non-hydrogen) atoms. The summed E-state index contributed by atoms with van der Waals surface area (Å²) in [5.74, 6) is -0.0873. The Hall–Kier alpha value is -3.22. The van der Waals surface area contributed by atoms with Crippen molar-refractivity contribution in [3.05, 3.63) is 70.3 Å². The monoisotopic (exact) mass is 563 g/mol. The number of hydrogen-bond acceptors (Lipinski definition) is 2. The van der Waals surface area contributed by atoms with Crippen LogP contribution < -0.4 is 5.73 Å². The fourth-order valence-electron chi connectivity index (χ4n) is 6.96. The van der Waals surface area contributed by atoms with Gasteiger partial charge in [0.1, 0.15) is 30.5 Å². The zero-order valence-electron chi connectivity index (χ0n) is 23.8. The molecule has 0 spiro atoms. The molecule has 0 saturated heterocycles. The highest BCUT2D eigenvalue weighted by Gasteiger charge is 2.37. The molecule has 0 amide bonds. The molecule has 1 heterocycles. The lowest BCUT2D eigenvalue weighted by atomic mass is 9.79. The molecule has 3 aromatic carbocycles. The first-order chi connectivity index (χ1) is 19.4. The molecule has 3 N–H and O–H groups in total. The Morgan fingerprint density at radius 2 is 1.54 bits per heavy atom. The van der Waals surface area contributed by atoms with Gasteiger partial charge in [-0.1, -0.05) is 51.1 Å². The number of rotatable bonds is 6. The molecule has 0 aromatic heterocycles. The van der Waals surface area contributed by atoms with Crippen LogP contribution in [0.1, 0.15) is 86.6 Å². The predicted molar refractivity (Wildman–Crippen MR) is 158 cm³/mol. The molecule has 2 aliphatic carbocycles. The minimum Gasteiger partial charge on any atom is -0.383 e. The predicted octanol–water partition coefficient (Wildman–Crippen LogP) is 8.42. The Bertz CT molecular complexity index is 1540. The number of halogens is 4. The van der Waals surface area contributed by atoms with Crippen molar-refractivity contribution < 1.29 is 17.6 Å². The van der Waals surface area contributed by atoms with E-state index in [1.807, 2.05) is 24.3 Å². The van der Waals surface area contributed by atoms with Crippen molar-refractivity contribution in [2.45, 2.75) is 95.3 Å². The first-order valence-corrected chi connectivity index (χ1v) is 14.7. The van der Waals surface area contributed by atoms with Crippen LogP contribution in [0, 0.1) is 11.3 Å². The van der Waals surface area contributed by atoms with Gasteiger partial charge in [0.15, 0.2) is 5.84 Å². The summed E-state index contributed by atoms with van der Waals surface area (Å²) in [7, 11) is 0. The van der Waals surface area contributed by atoms with Crippen LogP contribution in [0.4, 0.5) is 17.6 Å². The summed E-state index contributed by atoms with van der Waals surface area (Å²) in [6.45, 7) is 6.55. The van der Waals surface area contributed by atoms with E-state index in [1.165, 1.54) is 5.56 Å². The van der Waals surface area contributed by atoms with Crippen LogP contribution in [-0.4, -0.2) is 36.4 Å². The Morgan fingerprint density at radius 3 is 2.20 bits per heavy atom. The van der Waals surface area contributed by atoms with Crippen molar-refractivity contribution in [2.75, 3.05) is 0 Å². The number of aliphatic imine (C=N–C) groups is 1. The average Bonchev–Trinajstić information content (AvgIpc) is 3.54. The zero-order chi connectivity index (χ0) is 29.2. The van der Waals surface area contributed by atoms with Crippen molar-refractivity contribution >= 4 is 22.4 Å². The van der Waals surface area contributed by atoms with Gasteiger partial charge in [0.05, 0.1) is 0 Å². The van der Waals surface area contributed by atoms with Crippen LogP contribution in [0.5, 0.6) is 0 Å². The van der Waals surface area contributed by atoms with Crippen molar-refractivity contribution in [3.63, 3.8) is 0 Å². The highest BCUT2D eigenvalue weighted by Crippen LogP contribution is 2.44. The summed E-state index contributed by atoms with van der Waals surface area (Å²) < 4.78 is 56.9. The normalized spacial score (nSPS) is 28.0. The van der Waals surface area contributed by atoms with E-state index < -0.39 is 24.7 Å². The largest absolute Gasteiger partial charge is 0.383 e. The topological polar surface area (TPSA) is 62.2 Å². The van der Waals surface area contributed by atoms with Gasteiger partial charge in [-0.2, -0.15) is 0 Å². The number of amidine groups is 2. The van der Waals surface area contributed by atoms with E-state index in [4.69, 9.17) is 11.1 Å². The summed E-state index contributed by atoms with van der Waals surface area (Å²) >= 11 is 0. The summed E-state index contributed by atoms with van der Waals surface area (Å²) in [5, 5.41) is 10.4. The molecule has 2 fully saturated rings. The Morgan fingerprint density at radius 1 is 0.878 bits per heavy atom. The molecule has 216 valence electrons. The molecular formula is C34H37F4N3. The van der Waals surface area contributed by atoms with Gasteiger partial charge < -0.3 is 5.73 Å². The third kappa shape index (κ3) is 4.95. The third-order valence-electron chi connectivity index (χ3n) is 9.77. The number of hydrogen-bond donors (Lipinski definition) is 2. The quantitative estimate of drug-likeness (QED) is 0.291. The average molecular weight is 564 g/mol. The number of nitrogens with one attached hydrogen (secondary N) is 1. The van der Waals surface area contributed by atoms with E-state index in [1.54, 1.807) is 0 Å². The second-order valence-corrected chi connectivity index (χ2v) is 12.9. The smallest absolute Gasteiger partial charge is 0.154 e. The van der Waals surface area contributed by atoms with E-state index in [0.717, 1.165) is 39.4 Å². The van der Waals surface area contributed by atoms with Crippen LogP contribution >= 0.6 is 0 Å². The van der Waals surface area contributed by atoms with E-state index in [-0.39, 0.29) is 54.6 Å². The molecule has 6 rings (SSSR count). The van der Waals surface area contributed by atoms with Crippen LogP contribution in [-0.2, 0) is 11.8 Å². The lowest BCUT2D eigenvalue weighted by Gasteiger charge is -2.25. The number of fused-ring (bicyclic) bond motifs is 2. The molecule has 3 aromatic rings. The van der Waals surface area contributed by atoms with Gasteiger partial charge in [-0.3, -0.25) is 5.41 Å². The first kappa shape index (κ1) is 27.9. The summed E-state index contributed by atoms with van der Waals surface area (Å²) in [5.41, 5.74) is 12.2. The molecule has 0 radical (unpaired) electrons. The lowest BCUT2D eigenvalue weighted by Crippen LogP contribution is -2.16. The van der Waals surface area contributed by atoms with Gasteiger partial charge in [0.25, 0.3) is 0 Å². The number of nitrogens with zero attached hydrogens (tertiary/aromatic N) is 1. The molecule has 3 nitrogen and oxygen atoms in total. The van der Waals surface area contributed by atoms with Crippen molar-refractivity contribution in [2.24, 2.45) is 16.6 Å². The Kier molecular flexibility index (Phi) is 6.98. The lowest BCUT2D eigenvalue weighted by molar-refractivity contribution is 0.199. The molecule has 3 aliphatic rings. The standard InChI is InChI=1S/C34H37F4N3/c1-4-34(2,3)23-6-5-19-13-25-31(33(40)41-32(25)39)30(24(19)16-23)22-9-17(7-18-10-26(35)27(36)11-18)8-20(12-22)21-14-28(37)29(38)15-21/h5-6,8-9,12-13,16,18,21,26-29H,4,7,10-11,14-15H2,1-3H3,(H3,39,40,41). The van der Waals surface area contributed by atoms with Gasteiger partial charge in [-0.15, -0.1) is 0 Å². The van der Waals surface area contributed by atoms with Gasteiger partial charge in [-0.25, -0.2) is 22.6 Å². The van der Waals surface area contributed by atoms with Gasteiger partial charge in [-0.05, 0) is 101 Å². The van der Waals surface area contributed by atoms with Gasteiger partial charge in [0.2, 0.25) is 0 Å². The van der Waals surface area contributed by atoms with Crippen molar-refractivity contribution in [1.29, 1.82) is 5.41 Å². The molecule has 1 aliphatic heterocycles. The minimum absolute atomic E-state index is 0.0752. The first-order valence-electron chi connectivity index (χ1n) is 14.7. The molecule has 7 heteroatoms. The van der Waals surface area contributed by atoms with Crippen LogP contribution in [0.2, 0.25) is 0 Å². The highest BCUT2D eigenvalue weighted by atomic mass is 19.2. The van der Waals surface area contributed by atoms with Gasteiger partial charge in [0, 0.05) is 16.7 Å². The van der Waals surface area contributed by atoms with Crippen LogP contribution in [0.3, 0.4) is 0 Å². The van der Waals surface area contributed by atoms with E-state index >= 15 is 0 Å². The third-order valence-corrected chi connectivity index (χ3v) is 9.77. The Labute approximate surface area is 238 Å². The van der Waals surface area contributed by atoms with Crippen molar-refractivity contribution in [3.8, 4) is 11.1 Å². The Balaban J connectivity index is 1.57. The fraction of sp³-hybridized carbons (Fsp3) is 0.471. The summed E-state index contributed by atoms with van der Waals surface area (Å²) in [6, 6.07) is 14.3. The molecular weight excluding hydrogens is 526 g/mol. The van der Waals surface area contributed by atoms with E-state index in [0.29, 0.717) is 17.5 Å². The summed E-state index contributed by atoms with van der Waals surface area (Å²) in [6.07, 6.45) is -3.98. The maximum Gasteiger partial charge on any atom is 0.154 e. The van der Waals surface area contributed by atoms with E-state index in [9.17, 15) is 17.6 Å². The van der Waals surface area contributed by atoms with Gasteiger partial charge >= 0.3 is 0 Å². The fourth-order valence-corrected chi connectivity index (χ4v) is 6.96.